The van der Waals surface area contributed by atoms with Gasteiger partial charge in [0.25, 0.3) is 0 Å². The topological polar surface area (TPSA) is 77.8 Å². The van der Waals surface area contributed by atoms with Gasteiger partial charge in [0.05, 0.1) is 6.34 Å². The zero-order valence-corrected chi connectivity index (χ0v) is 21.1. The van der Waals surface area contributed by atoms with E-state index in [-0.39, 0.29) is 4.88 Å². The summed E-state index contributed by atoms with van der Waals surface area (Å²) in [5.74, 6) is -0.978. The Kier molecular flexibility index (Phi) is 8.53. The number of rotatable bonds is 4. The minimum Gasteiger partial charge on any atom is -0.477 e. The van der Waals surface area contributed by atoms with Gasteiger partial charge in [-0.3, -0.25) is 0 Å². The van der Waals surface area contributed by atoms with Crippen LogP contribution in [0.2, 0.25) is 5.02 Å². The monoisotopic (exact) mass is 498 g/mol. The van der Waals surface area contributed by atoms with Crippen molar-refractivity contribution in [2.45, 2.75) is 45.4 Å². The molecule has 0 saturated carbocycles. The largest absolute Gasteiger partial charge is 0.477 e. The standard InChI is InChI=1S/C21H20ClN3O2S.C5H11N/c1-13-11-16(14-5-7-15(22)8-6-14)17-18(19(21(26)27)28-20(17)24-13)23-12-25-9-3-2-4-10-25;1-2-4-6-5-3-1/h5-8,11-12H,2-4,9-10H2,1H3,(H,26,27);6H,1-5H2. The van der Waals surface area contributed by atoms with Crippen LogP contribution in [0.5, 0.6) is 0 Å². The van der Waals surface area contributed by atoms with Crippen LogP contribution in [0.3, 0.4) is 0 Å². The first-order valence-corrected chi connectivity index (χ1v) is 13.1. The molecule has 2 aromatic heterocycles. The lowest BCUT2D eigenvalue weighted by Gasteiger charge is -2.23. The van der Waals surface area contributed by atoms with E-state index in [1.807, 2.05) is 37.3 Å². The van der Waals surface area contributed by atoms with Crippen LogP contribution < -0.4 is 5.32 Å². The predicted molar refractivity (Wildman–Crippen MR) is 142 cm³/mol. The summed E-state index contributed by atoms with van der Waals surface area (Å²) < 4.78 is 0. The van der Waals surface area contributed by atoms with Crippen LogP contribution in [0.25, 0.3) is 21.3 Å². The molecule has 0 bridgehead atoms. The van der Waals surface area contributed by atoms with Crippen molar-refractivity contribution in [1.29, 1.82) is 0 Å². The number of halogens is 1. The van der Waals surface area contributed by atoms with E-state index in [0.717, 1.165) is 48.1 Å². The second kappa shape index (κ2) is 11.8. The fraction of sp³-hybridized carbons (Fsp3) is 0.423. The molecule has 2 aliphatic heterocycles. The van der Waals surface area contributed by atoms with E-state index in [1.165, 1.54) is 50.1 Å². The molecule has 2 fully saturated rings. The highest BCUT2D eigenvalue weighted by Gasteiger charge is 2.22. The number of aliphatic imine (C=N–C) groups is 1. The van der Waals surface area contributed by atoms with Gasteiger partial charge in [-0.25, -0.2) is 14.8 Å². The maximum atomic E-state index is 11.9. The lowest BCUT2D eigenvalue weighted by atomic mass is 10.0. The third-order valence-electron chi connectivity index (χ3n) is 6.06. The summed E-state index contributed by atoms with van der Waals surface area (Å²) in [6.07, 6.45) is 9.51. The van der Waals surface area contributed by atoms with Gasteiger partial charge in [-0.15, -0.1) is 11.3 Å². The van der Waals surface area contributed by atoms with Gasteiger partial charge in [-0.05, 0) is 81.4 Å². The summed E-state index contributed by atoms with van der Waals surface area (Å²) in [6, 6.07) is 9.52. The summed E-state index contributed by atoms with van der Waals surface area (Å²) in [5.41, 5.74) is 3.20. The van der Waals surface area contributed by atoms with Crippen molar-refractivity contribution in [3.8, 4) is 11.1 Å². The molecule has 8 heteroatoms. The number of carboxylic acids is 1. The minimum atomic E-state index is -0.978. The average molecular weight is 499 g/mol. The zero-order valence-electron chi connectivity index (χ0n) is 19.5. The summed E-state index contributed by atoms with van der Waals surface area (Å²) >= 11 is 7.22. The molecule has 34 heavy (non-hydrogen) atoms. The van der Waals surface area contributed by atoms with Gasteiger partial charge in [0.15, 0.2) is 0 Å². The highest BCUT2D eigenvalue weighted by molar-refractivity contribution is 7.21. The Morgan fingerprint density at radius 3 is 2.38 bits per heavy atom. The third-order valence-corrected chi connectivity index (χ3v) is 7.38. The molecule has 0 amide bonds. The van der Waals surface area contributed by atoms with E-state index in [2.05, 4.69) is 20.2 Å². The predicted octanol–water partition coefficient (Wildman–Crippen LogP) is 6.53. The van der Waals surface area contributed by atoms with E-state index >= 15 is 0 Å². The Labute approximate surface area is 209 Å². The number of likely N-dealkylation sites (tertiary alicyclic amines) is 1. The molecule has 0 aliphatic carbocycles. The Morgan fingerprint density at radius 1 is 1.12 bits per heavy atom. The molecule has 0 radical (unpaired) electrons. The minimum absolute atomic E-state index is 0.219. The van der Waals surface area contributed by atoms with Gasteiger partial charge in [0.2, 0.25) is 0 Å². The van der Waals surface area contributed by atoms with Crippen molar-refractivity contribution in [3.05, 3.63) is 45.9 Å². The Morgan fingerprint density at radius 2 is 1.79 bits per heavy atom. The van der Waals surface area contributed by atoms with Crippen molar-refractivity contribution < 1.29 is 9.90 Å². The first-order valence-electron chi connectivity index (χ1n) is 12.0. The maximum Gasteiger partial charge on any atom is 0.348 e. The second-order valence-electron chi connectivity index (χ2n) is 8.74. The van der Waals surface area contributed by atoms with E-state index in [4.69, 9.17) is 11.6 Å². The number of hydrogen-bond donors (Lipinski definition) is 2. The van der Waals surface area contributed by atoms with E-state index in [9.17, 15) is 9.90 Å². The zero-order chi connectivity index (χ0) is 23.9. The highest BCUT2D eigenvalue weighted by atomic mass is 35.5. The van der Waals surface area contributed by atoms with Crippen molar-refractivity contribution in [2.24, 2.45) is 4.99 Å². The number of hydrogen-bond acceptors (Lipinski definition) is 5. The number of aryl methyl sites for hydroxylation is 1. The molecule has 0 unspecified atom stereocenters. The fourth-order valence-corrected chi connectivity index (χ4v) is 5.46. The lowest BCUT2D eigenvalue weighted by molar-refractivity contribution is 0.0703. The summed E-state index contributed by atoms with van der Waals surface area (Å²) in [7, 11) is 0. The first-order chi connectivity index (χ1) is 16.5. The molecule has 2 saturated heterocycles. The van der Waals surface area contributed by atoms with Gasteiger partial charge in [-0.1, -0.05) is 30.2 Å². The van der Waals surface area contributed by atoms with Crippen molar-refractivity contribution in [2.75, 3.05) is 26.2 Å². The van der Waals surface area contributed by atoms with Gasteiger partial charge < -0.3 is 15.3 Å². The number of aromatic nitrogens is 1. The molecule has 5 rings (SSSR count). The second-order valence-corrected chi connectivity index (χ2v) is 10.2. The highest BCUT2D eigenvalue weighted by Crippen LogP contribution is 2.43. The number of thiophene rings is 1. The van der Waals surface area contributed by atoms with E-state index in [0.29, 0.717) is 15.5 Å². The Bertz CT molecular complexity index is 1140. The van der Waals surface area contributed by atoms with E-state index in [1.54, 1.807) is 6.34 Å². The summed E-state index contributed by atoms with van der Waals surface area (Å²) in [4.78, 5) is 24.2. The SMILES string of the molecule is C1CCNCC1.Cc1cc(-c2ccc(Cl)cc2)c2c(N=CN3CCCCC3)c(C(=O)O)sc2n1. The number of fused-ring (bicyclic) bond motifs is 1. The van der Waals surface area contributed by atoms with Gasteiger partial charge in [0, 0.05) is 29.2 Å². The number of carboxylic acid groups (broad SMARTS) is 1. The molecule has 2 aliphatic rings. The van der Waals surface area contributed by atoms with Crippen molar-refractivity contribution >= 4 is 51.1 Å². The molecule has 2 N–H and O–H groups in total. The number of nitrogens with zero attached hydrogens (tertiary/aromatic N) is 3. The molecule has 180 valence electrons. The molecule has 1 aromatic carbocycles. The quantitative estimate of drug-likeness (QED) is 0.316. The molecule has 4 heterocycles. The summed E-state index contributed by atoms with van der Waals surface area (Å²) in [5, 5.41) is 14.5. The smallest absolute Gasteiger partial charge is 0.348 e. The van der Waals surface area contributed by atoms with Crippen LogP contribution in [0.15, 0.2) is 35.3 Å². The number of benzene rings is 1. The molecule has 3 aromatic rings. The van der Waals surface area contributed by atoms with Crippen LogP contribution in [-0.2, 0) is 0 Å². The molecule has 6 nitrogen and oxygen atoms in total. The number of aromatic carboxylic acids is 1. The fourth-order valence-electron chi connectivity index (χ4n) is 4.31. The normalized spacial score (nSPS) is 16.5. The van der Waals surface area contributed by atoms with Crippen molar-refractivity contribution in [3.63, 3.8) is 0 Å². The Hall–Kier alpha value is -2.48. The lowest BCUT2D eigenvalue weighted by Crippen LogP contribution is -2.28. The van der Waals surface area contributed by atoms with Crippen LogP contribution in [0, 0.1) is 6.92 Å². The average Bonchev–Trinajstić information content (AvgIpc) is 3.23. The summed E-state index contributed by atoms with van der Waals surface area (Å²) in [6.45, 7) is 6.32. The first kappa shape index (κ1) is 24.6. The van der Waals surface area contributed by atoms with Crippen LogP contribution >= 0.6 is 22.9 Å². The number of nitrogens with one attached hydrogen (secondary N) is 1. The van der Waals surface area contributed by atoms with Gasteiger partial charge in [-0.2, -0.15) is 0 Å². The van der Waals surface area contributed by atoms with Gasteiger partial charge in [0.1, 0.15) is 15.4 Å². The Balaban J connectivity index is 0.000000398. The number of piperidine rings is 2. The number of carbonyl (C=O) groups is 1. The third kappa shape index (κ3) is 6.14. The van der Waals surface area contributed by atoms with Crippen LogP contribution in [0.4, 0.5) is 5.69 Å². The molecular weight excluding hydrogens is 468 g/mol. The molecular formula is C26H31ClN4O2S. The van der Waals surface area contributed by atoms with Crippen molar-refractivity contribution in [1.82, 2.24) is 15.2 Å². The number of pyridine rings is 1. The van der Waals surface area contributed by atoms with Gasteiger partial charge >= 0.3 is 5.97 Å². The van der Waals surface area contributed by atoms with Crippen LogP contribution in [0.1, 0.15) is 53.9 Å². The molecule has 0 spiro atoms. The van der Waals surface area contributed by atoms with E-state index < -0.39 is 5.97 Å². The molecule has 0 atom stereocenters. The maximum absolute atomic E-state index is 11.9. The van der Waals surface area contributed by atoms with Crippen LogP contribution in [-0.4, -0.2) is 53.5 Å².